The number of nitrogens with zero attached hydrogens (tertiary/aromatic N) is 3. The molecule has 1 aliphatic carbocycles. The van der Waals surface area contributed by atoms with Gasteiger partial charge >= 0.3 is 0 Å². The van der Waals surface area contributed by atoms with Gasteiger partial charge in [-0.1, -0.05) is 25.7 Å². The van der Waals surface area contributed by atoms with E-state index >= 15 is 0 Å². The predicted octanol–water partition coefficient (Wildman–Crippen LogP) is 3.05. The standard InChI is InChI=1S/C20H39N5.HI/c1-21-19(23-18-9-5-3-6-10-18)22-17-20(11-15-24(2)16-12-20)25-13-7-4-8-14-25;/h18H,3-17H2,1-2H3,(H2,21,22,23);1H. The fraction of sp³-hybridized carbons (Fsp3) is 0.950. The summed E-state index contributed by atoms with van der Waals surface area (Å²) in [4.78, 5) is 9.80. The lowest BCUT2D eigenvalue weighted by molar-refractivity contribution is 0.0172. The first kappa shape index (κ1) is 22.2. The average molecular weight is 477 g/mol. The highest BCUT2D eigenvalue weighted by Gasteiger charge is 2.39. The van der Waals surface area contributed by atoms with Gasteiger partial charge < -0.3 is 15.5 Å². The maximum Gasteiger partial charge on any atom is 0.191 e. The largest absolute Gasteiger partial charge is 0.355 e. The van der Waals surface area contributed by atoms with Crippen LogP contribution in [-0.2, 0) is 0 Å². The fourth-order valence-corrected chi connectivity index (χ4v) is 4.89. The Labute approximate surface area is 177 Å². The van der Waals surface area contributed by atoms with Gasteiger partial charge in [-0.2, -0.15) is 0 Å². The monoisotopic (exact) mass is 477 g/mol. The Morgan fingerprint density at radius 1 is 0.962 bits per heavy atom. The molecule has 5 nitrogen and oxygen atoms in total. The molecule has 6 heteroatoms. The number of hydrogen-bond donors (Lipinski definition) is 2. The molecule has 0 bridgehead atoms. The van der Waals surface area contributed by atoms with E-state index in [1.807, 2.05) is 7.05 Å². The normalized spacial score (nSPS) is 26.2. The summed E-state index contributed by atoms with van der Waals surface area (Å²) in [7, 11) is 4.18. The molecule has 2 aliphatic heterocycles. The van der Waals surface area contributed by atoms with Crippen LogP contribution < -0.4 is 10.6 Å². The van der Waals surface area contributed by atoms with Crippen molar-refractivity contribution in [2.45, 2.75) is 75.8 Å². The van der Waals surface area contributed by atoms with Crippen LogP contribution in [0.5, 0.6) is 0 Å². The molecule has 0 amide bonds. The van der Waals surface area contributed by atoms with E-state index < -0.39 is 0 Å². The van der Waals surface area contributed by atoms with Gasteiger partial charge in [0.15, 0.2) is 5.96 Å². The Balaban J connectivity index is 0.00000243. The zero-order valence-electron chi connectivity index (χ0n) is 16.9. The SMILES string of the molecule is CN=C(NCC1(N2CCCCC2)CCN(C)CC1)NC1CCCCC1.I. The van der Waals surface area contributed by atoms with Gasteiger partial charge in [0.25, 0.3) is 0 Å². The number of piperidine rings is 2. The van der Waals surface area contributed by atoms with Crippen LogP contribution >= 0.6 is 24.0 Å². The first-order valence-electron chi connectivity index (χ1n) is 10.6. The van der Waals surface area contributed by atoms with Crippen molar-refractivity contribution >= 4 is 29.9 Å². The molecule has 0 spiro atoms. The number of halogens is 1. The maximum absolute atomic E-state index is 4.52. The molecule has 2 saturated heterocycles. The van der Waals surface area contributed by atoms with Crippen molar-refractivity contribution in [3.05, 3.63) is 0 Å². The van der Waals surface area contributed by atoms with Crippen molar-refractivity contribution in [2.75, 3.05) is 46.8 Å². The van der Waals surface area contributed by atoms with E-state index in [1.54, 1.807) is 0 Å². The van der Waals surface area contributed by atoms with E-state index in [4.69, 9.17) is 0 Å². The molecule has 3 aliphatic rings. The van der Waals surface area contributed by atoms with E-state index in [0.717, 1.165) is 12.5 Å². The Kier molecular flexibility index (Phi) is 9.44. The van der Waals surface area contributed by atoms with E-state index in [-0.39, 0.29) is 24.0 Å². The molecule has 26 heavy (non-hydrogen) atoms. The van der Waals surface area contributed by atoms with Crippen molar-refractivity contribution in [3.63, 3.8) is 0 Å². The van der Waals surface area contributed by atoms with Crippen LogP contribution in [0.1, 0.15) is 64.2 Å². The van der Waals surface area contributed by atoms with E-state index in [1.165, 1.54) is 90.4 Å². The van der Waals surface area contributed by atoms with E-state index in [9.17, 15) is 0 Å². The first-order valence-corrected chi connectivity index (χ1v) is 10.6. The van der Waals surface area contributed by atoms with Crippen LogP contribution in [-0.4, -0.2) is 74.2 Å². The Bertz CT molecular complexity index is 422. The van der Waals surface area contributed by atoms with Crippen LogP contribution in [0, 0.1) is 0 Å². The third kappa shape index (κ3) is 5.96. The van der Waals surface area contributed by atoms with Crippen molar-refractivity contribution in [3.8, 4) is 0 Å². The molecular weight excluding hydrogens is 437 g/mol. The quantitative estimate of drug-likeness (QED) is 0.371. The lowest BCUT2D eigenvalue weighted by Crippen LogP contribution is -2.62. The number of aliphatic imine (C=N–C) groups is 1. The lowest BCUT2D eigenvalue weighted by Gasteiger charge is -2.50. The topological polar surface area (TPSA) is 42.9 Å². The molecule has 152 valence electrons. The molecule has 2 N–H and O–H groups in total. The number of guanidine groups is 1. The molecule has 0 radical (unpaired) electrons. The summed E-state index contributed by atoms with van der Waals surface area (Å²) >= 11 is 0. The van der Waals surface area contributed by atoms with E-state index in [2.05, 4.69) is 32.5 Å². The van der Waals surface area contributed by atoms with Gasteiger partial charge in [-0.15, -0.1) is 24.0 Å². The molecule has 0 aromatic heterocycles. The number of likely N-dealkylation sites (tertiary alicyclic amines) is 2. The molecule has 0 atom stereocenters. The molecule has 0 aromatic rings. The molecule has 3 fully saturated rings. The van der Waals surface area contributed by atoms with Gasteiger partial charge in [0.05, 0.1) is 0 Å². The highest BCUT2D eigenvalue weighted by Crippen LogP contribution is 2.30. The van der Waals surface area contributed by atoms with Gasteiger partial charge in [-0.25, -0.2) is 0 Å². The van der Waals surface area contributed by atoms with Gasteiger partial charge in [0.2, 0.25) is 0 Å². The highest BCUT2D eigenvalue weighted by atomic mass is 127. The number of rotatable bonds is 4. The fourth-order valence-electron chi connectivity index (χ4n) is 4.89. The summed E-state index contributed by atoms with van der Waals surface area (Å²) in [5.74, 6) is 1.02. The smallest absolute Gasteiger partial charge is 0.191 e. The van der Waals surface area contributed by atoms with Crippen LogP contribution in [0.25, 0.3) is 0 Å². The number of nitrogens with one attached hydrogen (secondary N) is 2. The second-order valence-corrected chi connectivity index (χ2v) is 8.48. The van der Waals surface area contributed by atoms with Crippen molar-refractivity contribution in [1.82, 2.24) is 20.4 Å². The molecule has 0 unspecified atom stereocenters. The van der Waals surface area contributed by atoms with Crippen LogP contribution in [0.2, 0.25) is 0 Å². The summed E-state index contributed by atoms with van der Waals surface area (Å²) in [6.07, 6.45) is 13.4. The Hall–Kier alpha value is -0.0800. The lowest BCUT2D eigenvalue weighted by atomic mass is 9.84. The molecule has 2 heterocycles. The minimum atomic E-state index is 0. The first-order chi connectivity index (χ1) is 12.2. The van der Waals surface area contributed by atoms with Crippen molar-refractivity contribution in [1.29, 1.82) is 0 Å². The third-order valence-electron chi connectivity index (χ3n) is 6.70. The van der Waals surface area contributed by atoms with Gasteiger partial charge in [0, 0.05) is 25.2 Å². The summed E-state index contributed by atoms with van der Waals surface area (Å²) in [5.41, 5.74) is 0.317. The summed E-state index contributed by atoms with van der Waals surface area (Å²) in [5, 5.41) is 7.40. The summed E-state index contributed by atoms with van der Waals surface area (Å²) in [6, 6.07) is 0.614. The second-order valence-electron chi connectivity index (χ2n) is 8.48. The van der Waals surface area contributed by atoms with Crippen molar-refractivity contribution in [2.24, 2.45) is 4.99 Å². The minimum absolute atomic E-state index is 0. The van der Waals surface area contributed by atoms with E-state index in [0.29, 0.717) is 11.6 Å². The average Bonchev–Trinajstić information content (AvgIpc) is 2.68. The van der Waals surface area contributed by atoms with Gasteiger partial charge in [0.1, 0.15) is 0 Å². The summed E-state index contributed by atoms with van der Waals surface area (Å²) in [6.45, 7) is 6.02. The van der Waals surface area contributed by atoms with Crippen molar-refractivity contribution < 1.29 is 0 Å². The Morgan fingerprint density at radius 3 is 2.19 bits per heavy atom. The molecule has 0 aromatic carbocycles. The van der Waals surface area contributed by atoms with Crippen LogP contribution in [0.4, 0.5) is 0 Å². The third-order valence-corrected chi connectivity index (χ3v) is 6.70. The Morgan fingerprint density at radius 2 is 1.58 bits per heavy atom. The molecule has 1 saturated carbocycles. The summed E-state index contributed by atoms with van der Waals surface area (Å²) < 4.78 is 0. The zero-order valence-corrected chi connectivity index (χ0v) is 19.3. The minimum Gasteiger partial charge on any atom is -0.355 e. The second kappa shape index (κ2) is 11.1. The van der Waals surface area contributed by atoms with Crippen LogP contribution in [0.3, 0.4) is 0 Å². The maximum atomic E-state index is 4.52. The number of hydrogen-bond acceptors (Lipinski definition) is 3. The highest BCUT2D eigenvalue weighted by molar-refractivity contribution is 14.0. The van der Waals surface area contributed by atoms with Gasteiger partial charge in [-0.3, -0.25) is 9.89 Å². The van der Waals surface area contributed by atoms with Gasteiger partial charge in [-0.05, 0) is 71.8 Å². The molecule has 3 rings (SSSR count). The zero-order chi connectivity index (χ0) is 17.5. The molecular formula is C20H40IN5. The van der Waals surface area contributed by atoms with Crippen LogP contribution in [0.15, 0.2) is 4.99 Å². The predicted molar refractivity (Wildman–Crippen MR) is 122 cm³/mol.